The Morgan fingerprint density at radius 3 is 2.18 bits per heavy atom. The van der Waals surface area contributed by atoms with Crippen LogP contribution in [0.3, 0.4) is 0 Å². The van der Waals surface area contributed by atoms with Crippen molar-refractivity contribution in [3.63, 3.8) is 0 Å². The highest BCUT2D eigenvalue weighted by atomic mass is 35.5. The van der Waals surface area contributed by atoms with Crippen LogP contribution in [0.5, 0.6) is 0 Å². The fourth-order valence-corrected chi connectivity index (χ4v) is 2.57. The molecule has 0 aliphatic rings. The van der Waals surface area contributed by atoms with Gasteiger partial charge in [-0.3, -0.25) is 0 Å². The SMILES string of the molecule is Fc1cc(-c2c(Cl)cc(Cl)cc2Cl)c[nH]c1=S. The van der Waals surface area contributed by atoms with E-state index in [0.717, 1.165) is 0 Å². The predicted octanol–water partition coefficient (Wildman–Crippen LogP) is 5.51. The Kier molecular flexibility index (Phi) is 3.73. The lowest BCUT2D eigenvalue weighted by atomic mass is 10.1. The van der Waals surface area contributed by atoms with Crippen molar-refractivity contribution in [1.82, 2.24) is 4.98 Å². The minimum Gasteiger partial charge on any atom is -0.350 e. The summed E-state index contributed by atoms with van der Waals surface area (Å²) in [5.41, 5.74) is 1.03. The van der Waals surface area contributed by atoms with Gasteiger partial charge in [0.2, 0.25) is 0 Å². The average Bonchev–Trinajstić information content (AvgIpc) is 2.21. The van der Waals surface area contributed by atoms with E-state index in [1.165, 1.54) is 6.07 Å². The Morgan fingerprint density at radius 1 is 1.06 bits per heavy atom. The first-order chi connectivity index (χ1) is 7.99. The smallest absolute Gasteiger partial charge is 0.158 e. The number of benzene rings is 1. The molecule has 0 spiro atoms. The van der Waals surface area contributed by atoms with Gasteiger partial charge in [-0.05, 0) is 18.2 Å². The molecule has 17 heavy (non-hydrogen) atoms. The molecule has 0 aliphatic carbocycles. The number of aromatic amines is 1. The monoisotopic (exact) mass is 307 g/mol. The summed E-state index contributed by atoms with van der Waals surface area (Å²) in [4.78, 5) is 2.63. The lowest BCUT2D eigenvalue weighted by Crippen LogP contribution is -1.87. The van der Waals surface area contributed by atoms with E-state index < -0.39 is 5.82 Å². The molecule has 6 heteroatoms. The zero-order valence-electron chi connectivity index (χ0n) is 8.23. The molecule has 0 radical (unpaired) electrons. The first-order valence-electron chi connectivity index (χ1n) is 4.52. The van der Waals surface area contributed by atoms with Gasteiger partial charge in [0.05, 0.1) is 10.0 Å². The number of hydrogen-bond acceptors (Lipinski definition) is 1. The summed E-state index contributed by atoms with van der Waals surface area (Å²) in [6.07, 6.45) is 1.55. The van der Waals surface area contributed by atoms with Crippen molar-refractivity contribution in [2.75, 3.05) is 0 Å². The molecule has 1 heterocycles. The van der Waals surface area contributed by atoms with Gasteiger partial charge < -0.3 is 4.98 Å². The van der Waals surface area contributed by atoms with E-state index in [-0.39, 0.29) is 4.64 Å². The van der Waals surface area contributed by atoms with E-state index in [1.54, 1.807) is 18.3 Å². The van der Waals surface area contributed by atoms with E-state index in [2.05, 4.69) is 4.98 Å². The van der Waals surface area contributed by atoms with Gasteiger partial charge in [-0.1, -0.05) is 47.0 Å². The van der Waals surface area contributed by atoms with Crippen LogP contribution in [0.25, 0.3) is 11.1 Å². The van der Waals surface area contributed by atoms with Crippen LogP contribution in [0, 0.1) is 10.5 Å². The number of halogens is 4. The molecule has 0 saturated heterocycles. The van der Waals surface area contributed by atoms with Gasteiger partial charge in [-0.15, -0.1) is 0 Å². The molecule has 0 saturated carbocycles. The van der Waals surface area contributed by atoms with Crippen LogP contribution in [0.4, 0.5) is 4.39 Å². The molecule has 1 N–H and O–H groups in total. The van der Waals surface area contributed by atoms with Crippen LogP contribution in [0.15, 0.2) is 24.4 Å². The maximum atomic E-state index is 13.4. The largest absolute Gasteiger partial charge is 0.350 e. The molecule has 2 aromatic rings. The van der Waals surface area contributed by atoms with E-state index in [4.69, 9.17) is 47.0 Å². The minimum absolute atomic E-state index is 0.0370. The molecule has 0 aliphatic heterocycles. The highest BCUT2D eigenvalue weighted by Gasteiger charge is 2.11. The van der Waals surface area contributed by atoms with Crippen LogP contribution in [-0.2, 0) is 0 Å². The van der Waals surface area contributed by atoms with Gasteiger partial charge in [0.25, 0.3) is 0 Å². The predicted molar refractivity (Wildman–Crippen MR) is 72.1 cm³/mol. The first kappa shape index (κ1) is 12.8. The van der Waals surface area contributed by atoms with Gasteiger partial charge in [0.15, 0.2) is 5.82 Å². The van der Waals surface area contributed by atoms with E-state index >= 15 is 0 Å². The third-order valence-corrected chi connectivity index (χ3v) is 3.28. The third kappa shape index (κ3) is 2.63. The molecule has 0 unspecified atom stereocenters. The molecule has 0 fully saturated rings. The number of hydrogen-bond donors (Lipinski definition) is 1. The van der Waals surface area contributed by atoms with Crippen molar-refractivity contribution in [3.8, 4) is 11.1 Å². The minimum atomic E-state index is -0.528. The third-order valence-electron chi connectivity index (χ3n) is 2.15. The number of pyridine rings is 1. The second-order valence-corrected chi connectivity index (χ2v) is 4.97. The lowest BCUT2D eigenvalue weighted by molar-refractivity contribution is 0.617. The maximum absolute atomic E-state index is 13.4. The Labute approximate surface area is 117 Å². The number of nitrogens with one attached hydrogen (secondary N) is 1. The Balaban J connectivity index is 2.68. The van der Waals surface area contributed by atoms with Gasteiger partial charge in [-0.2, -0.15) is 0 Å². The normalized spacial score (nSPS) is 10.6. The highest BCUT2D eigenvalue weighted by Crippen LogP contribution is 2.37. The first-order valence-corrected chi connectivity index (χ1v) is 6.06. The van der Waals surface area contributed by atoms with Gasteiger partial charge in [0.1, 0.15) is 4.64 Å². The summed E-state index contributed by atoms with van der Waals surface area (Å²) >= 11 is 22.6. The molecule has 0 atom stereocenters. The molecule has 0 amide bonds. The Bertz CT molecular complexity index is 616. The number of aromatic nitrogens is 1. The van der Waals surface area contributed by atoms with Crippen molar-refractivity contribution in [2.24, 2.45) is 0 Å². The average molecular weight is 309 g/mol. The summed E-state index contributed by atoms with van der Waals surface area (Å²) < 4.78 is 13.4. The summed E-state index contributed by atoms with van der Waals surface area (Å²) in [5.74, 6) is -0.528. The highest BCUT2D eigenvalue weighted by molar-refractivity contribution is 7.71. The molecular weight excluding hydrogens is 304 g/mol. The Hall–Kier alpha value is -0.610. The lowest BCUT2D eigenvalue weighted by Gasteiger charge is -2.08. The Morgan fingerprint density at radius 2 is 1.65 bits per heavy atom. The quantitative estimate of drug-likeness (QED) is 0.687. The molecule has 1 nitrogen and oxygen atoms in total. The van der Waals surface area contributed by atoms with Crippen LogP contribution < -0.4 is 0 Å². The van der Waals surface area contributed by atoms with Crippen LogP contribution >= 0.6 is 47.0 Å². The van der Waals surface area contributed by atoms with Crippen LogP contribution in [0.1, 0.15) is 0 Å². The van der Waals surface area contributed by atoms with Gasteiger partial charge in [0, 0.05) is 22.3 Å². The molecule has 88 valence electrons. The second kappa shape index (κ2) is 4.94. The molecule has 0 bridgehead atoms. The fourth-order valence-electron chi connectivity index (χ4n) is 1.42. The van der Waals surface area contributed by atoms with Crippen molar-refractivity contribution in [2.45, 2.75) is 0 Å². The molecule has 1 aromatic heterocycles. The van der Waals surface area contributed by atoms with Crippen LogP contribution in [-0.4, -0.2) is 4.98 Å². The van der Waals surface area contributed by atoms with E-state index in [1.807, 2.05) is 0 Å². The van der Waals surface area contributed by atoms with Crippen LogP contribution in [0.2, 0.25) is 15.1 Å². The van der Waals surface area contributed by atoms with Crippen molar-refractivity contribution in [1.29, 1.82) is 0 Å². The van der Waals surface area contributed by atoms with Crippen molar-refractivity contribution in [3.05, 3.63) is 49.9 Å². The zero-order valence-corrected chi connectivity index (χ0v) is 11.3. The summed E-state index contributed by atoms with van der Waals surface area (Å²) in [5, 5.41) is 1.13. The summed E-state index contributed by atoms with van der Waals surface area (Å²) in [6, 6.07) is 4.37. The van der Waals surface area contributed by atoms with Crippen molar-refractivity contribution < 1.29 is 4.39 Å². The standard InChI is InChI=1S/C11H5Cl3FNS/c12-6-2-7(13)10(8(14)3-6)5-1-9(15)11(17)16-4-5/h1-4H,(H,16,17). The summed E-state index contributed by atoms with van der Waals surface area (Å²) in [6.45, 7) is 0. The van der Waals surface area contributed by atoms with E-state index in [0.29, 0.717) is 26.2 Å². The van der Waals surface area contributed by atoms with E-state index in [9.17, 15) is 4.39 Å². The topological polar surface area (TPSA) is 15.8 Å². The van der Waals surface area contributed by atoms with Gasteiger partial charge >= 0.3 is 0 Å². The summed E-state index contributed by atoms with van der Waals surface area (Å²) in [7, 11) is 0. The second-order valence-electron chi connectivity index (χ2n) is 3.31. The molecule has 1 aromatic carbocycles. The molecular formula is C11H5Cl3FNS. The number of H-pyrrole nitrogens is 1. The number of rotatable bonds is 1. The fraction of sp³-hybridized carbons (Fsp3) is 0. The van der Waals surface area contributed by atoms with Crippen molar-refractivity contribution >= 4 is 47.0 Å². The van der Waals surface area contributed by atoms with Gasteiger partial charge in [-0.25, -0.2) is 4.39 Å². The zero-order chi connectivity index (χ0) is 12.6. The maximum Gasteiger partial charge on any atom is 0.158 e. The molecule has 2 rings (SSSR count).